The van der Waals surface area contributed by atoms with Crippen molar-refractivity contribution in [3.63, 3.8) is 0 Å². The molecule has 0 aliphatic rings. The van der Waals surface area contributed by atoms with Crippen molar-refractivity contribution >= 4 is 0 Å². The van der Waals surface area contributed by atoms with Gasteiger partial charge in [0.2, 0.25) is 0 Å². The Bertz CT molecular complexity index is 56.3. The lowest BCUT2D eigenvalue weighted by Crippen LogP contribution is -2.39. The van der Waals surface area contributed by atoms with E-state index in [4.69, 9.17) is 5.84 Å². The Kier molecular flexibility index (Phi) is 5.93. The molecule has 0 aromatic heterocycles. The highest BCUT2D eigenvalue weighted by molar-refractivity contribution is 4.59. The van der Waals surface area contributed by atoms with Crippen molar-refractivity contribution in [1.82, 2.24) is 10.7 Å². The van der Waals surface area contributed by atoms with Crippen LogP contribution in [-0.2, 0) is 0 Å². The van der Waals surface area contributed by atoms with Gasteiger partial charge in [-0.15, -0.1) is 0 Å². The molecule has 4 N–H and O–H groups in total. The first-order chi connectivity index (χ1) is 4.31. The Morgan fingerprint density at radius 3 is 2.67 bits per heavy atom. The Morgan fingerprint density at radius 2 is 2.22 bits per heavy atom. The van der Waals surface area contributed by atoms with Crippen molar-refractivity contribution < 1.29 is 0 Å². The van der Waals surface area contributed by atoms with Crippen molar-refractivity contribution in [2.45, 2.75) is 26.3 Å². The van der Waals surface area contributed by atoms with Crippen molar-refractivity contribution in [1.29, 1.82) is 0 Å². The fourth-order valence-electron chi connectivity index (χ4n) is 0.640. The molecule has 0 aromatic rings. The molecule has 9 heavy (non-hydrogen) atoms. The van der Waals surface area contributed by atoms with Gasteiger partial charge in [-0.3, -0.25) is 11.3 Å². The summed E-state index contributed by atoms with van der Waals surface area (Å²) in [5.41, 5.74) is 2.61. The fourth-order valence-corrected chi connectivity index (χ4v) is 0.640. The maximum absolute atomic E-state index is 5.11. The van der Waals surface area contributed by atoms with E-state index in [2.05, 4.69) is 24.6 Å². The molecule has 0 rings (SSSR count). The molecule has 0 radical (unpaired) electrons. The second kappa shape index (κ2) is 6.01. The average molecular weight is 131 g/mol. The third-order valence-electron chi connectivity index (χ3n) is 1.17. The van der Waals surface area contributed by atoms with Gasteiger partial charge in [-0.2, -0.15) is 0 Å². The van der Waals surface area contributed by atoms with Crippen LogP contribution in [0, 0.1) is 0 Å². The van der Waals surface area contributed by atoms with Crippen LogP contribution in [0.25, 0.3) is 0 Å². The van der Waals surface area contributed by atoms with E-state index in [0.29, 0.717) is 6.04 Å². The Morgan fingerprint density at radius 1 is 1.56 bits per heavy atom. The number of rotatable bonds is 5. The normalized spacial score (nSPS) is 13.7. The van der Waals surface area contributed by atoms with Crippen molar-refractivity contribution in [2.24, 2.45) is 5.84 Å². The molecule has 0 heterocycles. The lowest BCUT2D eigenvalue weighted by Gasteiger charge is -2.10. The SMILES string of the molecule is CCCNC(C)CNN. The van der Waals surface area contributed by atoms with Gasteiger partial charge in [0.25, 0.3) is 0 Å². The quantitative estimate of drug-likeness (QED) is 0.359. The van der Waals surface area contributed by atoms with Gasteiger partial charge >= 0.3 is 0 Å². The van der Waals surface area contributed by atoms with Crippen molar-refractivity contribution in [3.05, 3.63) is 0 Å². The zero-order valence-electron chi connectivity index (χ0n) is 6.28. The molecular weight excluding hydrogens is 114 g/mol. The summed E-state index contributed by atoms with van der Waals surface area (Å²) in [6.45, 7) is 6.16. The highest BCUT2D eigenvalue weighted by Crippen LogP contribution is 1.77. The van der Waals surface area contributed by atoms with Gasteiger partial charge in [0.1, 0.15) is 0 Å². The molecule has 0 amide bonds. The van der Waals surface area contributed by atoms with E-state index in [0.717, 1.165) is 13.1 Å². The minimum atomic E-state index is 0.481. The molecule has 0 saturated heterocycles. The highest BCUT2D eigenvalue weighted by atomic mass is 15.2. The van der Waals surface area contributed by atoms with Gasteiger partial charge in [0.15, 0.2) is 0 Å². The van der Waals surface area contributed by atoms with Crippen LogP contribution in [0.5, 0.6) is 0 Å². The summed E-state index contributed by atoms with van der Waals surface area (Å²) < 4.78 is 0. The summed E-state index contributed by atoms with van der Waals surface area (Å²) in [5.74, 6) is 5.11. The molecule has 1 atom stereocenters. The fraction of sp³-hybridized carbons (Fsp3) is 1.00. The first-order valence-corrected chi connectivity index (χ1v) is 3.48. The van der Waals surface area contributed by atoms with E-state index in [-0.39, 0.29) is 0 Å². The molecule has 0 aliphatic heterocycles. The van der Waals surface area contributed by atoms with Crippen molar-refractivity contribution in [2.75, 3.05) is 13.1 Å². The third kappa shape index (κ3) is 5.76. The van der Waals surface area contributed by atoms with Crippen LogP contribution < -0.4 is 16.6 Å². The predicted molar refractivity (Wildman–Crippen MR) is 39.9 cm³/mol. The van der Waals surface area contributed by atoms with E-state index < -0.39 is 0 Å². The molecule has 0 fully saturated rings. The number of nitrogens with one attached hydrogen (secondary N) is 2. The van der Waals surface area contributed by atoms with Gasteiger partial charge in [-0.1, -0.05) is 6.92 Å². The highest BCUT2D eigenvalue weighted by Gasteiger charge is 1.95. The largest absolute Gasteiger partial charge is 0.313 e. The summed E-state index contributed by atoms with van der Waals surface area (Å²) in [6, 6.07) is 0.481. The maximum Gasteiger partial charge on any atom is 0.0249 e. The summed E-state index contributed by atoms with van der Waals surface area (Å²) in [6.07, 6.45) is 1.18. The Hall–Kier alpha value is -0.120. The zero-order valence-corrected chi connectivity index (χ0v) is 6.28. The van der Waals surface area contributed by atoms with Crippen LogP contribution in [0.4, 0.5) is 0 Å². The summed E-state index contributed by atoms with van der Waals surface area (Å²) in [5, 5.41) is 3.29. The smallest absolute Gasteiger partial charge is 0.0249 e. The van der Waals surface area contributed by atoms with Crippen LogP contribution in [0.1, 0.15) is 20.3 Å². The van der Waals surface area contributed by atoms with E-state index in [1.165, 1.54) is 6.42 Å². The standard InChI is InChI=1S/C6H17N3/c1-3-4-8-6(2)5-9-7/h6,8-9H,3-5,7H2,1-2H3. The van der Waals surface area contributed by atoms with Crippen LogP contribution in [0.3, 0.4) is 0 Å². The summed E-state index contributed by atoms with van der Waals surface area (Å²) in [7, 11) is 0. The second-order valence-corrected chi connectivity index (χ2v) is 2.26. The van der Waals surface area contributed by atoms with Gasteiger partial charge in [-0.05, 0) is 19.9 Å². The second-order valence-electron chi connectivity index (χ2n) is 2.26. The molecule has 0 aromatic carbocycles. The molecule has 0 spiro atoms. The minimum absolute atomic E-state index is 0.481. The first kappa shape index (κ1) is 8.88. The van der Waals surface area contributed by atoms with E-state index >= 15 is 0 Å². The molecule has 0 saturated carbocycles. The molecule has 56 valence electrons. The van der Waals surface area contributed by atoms with E-state index in [9.17, 15) is 0 Å². The Balaban J connectivity index is 2.95. The first-order valence-electron chi connectivity index (χ1n) is 3.48. The monoisotopic (exact) mass is 131 g/mol. The van der Waals surface area contributed by atoms with Crippen molar-refractivity contribution in [3.8, 4) is 0 Å². The lowest BCUT2D eigenvalue weighted by atomic mass is 10.3. The van der Waals surface area contributed by atoms with Crippen LogP contribution in [-0.4, -0.2) is 19.1 Å². The topological polar surface area (TPSA) is 50.1 Å². The lowest BCUT2D eigenvalue weighted by molar-refractivity contribution is 0.509. The number of nitrogens with two attached hydrogens (primary N) is 1. The Labute approximate surface area is 57.0 Å². The minimum Gasteiger partial charge on any atom is -0.313 e. The van der Waals surface area contributed by atoms with Crippen LogP contribution in [0.15, 0.2) is 0 Å². The third-order valence-corrected chi connectivity index (χ3v) is 1.17. The number of hydrogen-bond donors (Lipinski definition) is 3. The number of hydrazine groups is 1. The molecule has 3 nitrogen and oxygen atoms in total. The van der Waals surface area contributed by atoms with Gasteiger partial charge < -0.3 is 5.32 Å². The zero-order chi connectivity index (χ0) is 7.11. The molecular formula is C6H17N3. The van der Waals surface area contributed by atoms with Gasteiger partial charge in [0, 0.05) is 12.6 Å². The molecule has 1 unspecified atom stereocenters. The van der Waals surface area contributed by atoms with Gasteiger partial charge in [-0.25, -0.2) is 0 Å². The molecule has 0 aliphatic carbocycles. The molecule has 0 bridgehead atoms. The van der Waals surface area contributed by atoms with Crippen LogP contribution in [0.2, 0.25) is 0 Å². The maximum atomic E-state index is 5.11. The number of hydrogen-bond acceptors (Lipinski definition) is 3. The van der Waals surface area contributed by atoms with Gasteiger partial charge in [0.05, 0.1) is 0 Å². The molecule has 3 heteroatoms. The van der Waals surface area contributed by atoms with E-state index in [1.807, 2.05) is 0 Å². The van der Waals surface area contributed by atoms with E-state index in [1.54, 1.807) is 0 Å². The predicted octanol–water partition coefficient (Wildman–Crippen LogP) is -0.162. The van der Waals surface area contributed by atoms with Crippen LogP contribution >= 0.6 is 0 Å². The average Bonchev–Trinajstić information content (AvgIpc) is 1.85. The summed E-state index contributed by atoms with van der Waals surface area (Å²) in [4.78, 5) is 0. The summed E-state index contributed by atoms with van der Waals surface area (Å²) >= 11 is 0.